The van der Waals surface area contributed by atoms with Crippen LogP contribution in [-0.4, -0.2) is 49.2 Å². The number of likely N-dealkylation sites (N-methyl/N-ethyl adjacent to an activating group) is 1. The van der Waals surface area contributed by atoms with Crippen LogP contribution >= 0.6 is 11.6 Å². The molecule has 1 aromatic carbocycles. The van der Waals surface area contributed by atoms with Gasteiger partial charge in [-0.1, -0.05) is 29.8 Å². The number of ether oxygens (including phenoxy) is 1. The maximum absolute atomic E-state index is 13.0. The first kappa shape index (κ1) is 20.2. The minimum absolute atomic E-state index is 0.0811. The van der Waals surface area contributed by atoms with Crippen molar-refractivity contribution < 1.29 is 4.74 Å². The van der Waals surface area contributed by atoms with Gasteiger partial charge in [0, 0.05) is 32.4 Å². The van der Waals surface area contributed by atoms with Gasteiger partial charge in [0.1, 0.15) is 5.02 Å². The third-order valence-electron chi connectivity index (χ3n) is 6.26. The molecule has 0 saturated carbocycles. The zero-order valence-corrected chi connectivity index (χ0v) is 17.9. The van der Waals surface area contributed by atoms with E-state index in [0.717, 1.165) is 45.4 Å². The molecule has 1 aromatic heterocycles. The zero-order valence-electron chi connectivity index (χ0n) is 17.2. The van der Waals surface area contributed by atoms with E-state index in [4.69, 9.17) is 16.3 Å². The van der Waals surface area contributed by atoms with Crippen molar-refractivity contribution in [2.24, 2.45) is 0 Å². The number of anilines is 2. The molecule has 0 unspecified atom stereocenters. The number of hydrogen-bond donors (Lipinski definition) is 0. The molecular formula is C22H29ClN4O2. The molecule has 0 amide bonds. The number of rotatable bonds is 4. The van der Waals surface area contributed by atoms with Gasteiger partial charge in [0.05, 0.1) is 30.6 Å². The Morgan fingerprint density at radius 1 is 1.21 bits per heavy atom. The highest BCUT2D eigenvalue weighted by molar-refractivity contribution is 6.33. The van der Waals surface area contributed by atoms with E-state index in [1.54, 1.807) is 10.9 Å². The highest BCUT2D eigenvalue weighted by Gasteiger charge is 2.26. The highest BCUT2D eigenvalue weighted by Crippen LogP contribution is 2.29. The van der Waals surface area contributed by atoms with Gasteiger partial charge in [0.25, 0.3) is 5.56 Å². The van der Waals surface area contributed by atoms with Gasteiger partial charge in [-0.15, -0.1) is 0 Å². The third kappa shape index (κ3) is 4.14. The van der Waals surface area contributed by atoms with E-state index in [2.05, 4.69) is 41.2 Å². The van der Waals surface area contributed by atoms with Gasteiger partial charge in [0.15, 0.2) is 0 Å². The number of para-hydroxylation sites is 1. The lowest BCUT2D eigenvalue weighted by Gasteiger charge is -2.35. The quantitative estimate of drug-likeness (QED) is 0.761. The Hall–Kier alpha value is -2.05. The van der Waals surface area contributed by atoms with Crippen LogP contribution < -0.4 is 15.4 Å². The number of nitrogens with zero attached hydrogens (tertiary/aromatic N) is 4. The van der Waals surface area contributed by atoms with Crippen LogP contribution in [0.2, 0.25) is 5.02 Å². The predicted molar refractivity (Wildman–Crippen MR) is 117 cm³/mol. The molecule has 2 saturated heterocycles. The van der Waals surface area contributed by atoms with E-state index in [9.17, 15) is 4.79 Å². The molecule has 6 nitrogen and oxygen atoms in total. The fourth-order valence-corrected chi connectivity index (χ4v) is 4.71. The maximum atomic E-state index is 13.0. The van der Waals surface area contributed by atoms with Crippen LogP contribution in [0, 0.1) is 6.92 Å². The smallest absolute Gasteiger partial charge is 0.287 e. The van der Waals surface area contributed by atoms with Crippen molar-refractivity contribution in [3.05, 3.63) is 51.4 Å². The minimum atomic E-state index is -0.193. The van der Waals surface area contributed by atoms with Crippen LogP contribution in [0.4, 0.5) is 11.4 Å². The molecule has 2 aliphatic rings. The Bertz CT molecular complexity index is 902. The van der Waals surface area contributed by atoms with Crippen molar-refractivity contribution in [3.63, 3.8) is 0 Å². The van der Waals surface area contributed by atoms with E-state index in [1.807, 2.05) is 11.9 Å². The Morgan fingerprint density at radius 2 is 1.97 bits per heavy atom. The van der Waals surface area contributed by atoms with Crippen LogP contribution in [0.3, 0.4) is 0 Å². The Kier molecular flexibility index (Phi) is 6.11. The molecule has 0 aliphatic carbocycles. The topological polar surface area (TPSA) is 50.6 Å². The lowest BCUT2D eigenvalue weighted by molar-refractivity contribution is 0.0806. The maximum Gasteiger partial charge on any atom is 0.287 e. The first-order chi connectivity index (χ1) is 14.1. The van der Waals surface area contributed by atoms with Gasteiger partial charge in [-0.3, -0.25) is 4.79 Å². The molecule has 2 aliphatic heterocycles. The van der Waals surface area contributed by atoms with Crippen LogP contribution in [0.5, 0.6) is 0 Å². The lowest BCUT2D eigenvalue weighted by Crippen LogP contribution is -2.41. The number of piperidine rings is 1. The summed E-state index contributed by atoms with van der Waals surface area (Å²) in [6.45, 7) is 5.41. The lowest BCUT2D eigenvalue weighted by atomic mass is 10.0. The van der Waals surface area contributed by atoms with E-state index in [1.165, 1.54) is 11.3 Å². The molecule has 2 aromatic rings. The first-order valence-corrected chi connectivity index (χ1v) is 10.8. The second kappa shape index (κ2) is 8.76. The Balaban J connectivity index is 1.48. The van der Waals surface area contributed by atoms with Gasteiger partial charge in [-0.2, -0.15) is 5.10 Å². The van der Waals surface area contributed by atoms with Crippen LogP contribution in [0.15, 0.2) is 35.3 Å². The highest BCUT2D eigenvalue weighted by atomic mass is 35.5. The van der Waals surface area contributed by atoms with E-state index in [-0.39, 0.29) is 22.7 Å². The van der Waals surface area contributed by atoms with E-state index >= 15 is 0 Å². The molecule has 0 radical (unpaired) electrons. The average molecular weight is 417 g/mol. The molecule has 0 N–H and O–H groups in total. The van der Waals surface area contributed by atoms with Crippen molar-refractivity contribution in [1.29, 1.82) is 0 Å². The third-order valence-corrected chi connectivity index (χ3v) is 6.61. The fraction of sp³-hybridized carbons (Fsp3) is 0.545. The molecule has 1 atom stereocenters. The predicted octanol–water partition coefficient (Wildman–Crippen LogP) is 3.66. The minimum Gasteiger partial charge on any atom is -0.379 e. The van der Waals surface area contributed by atoms with Crippen LogP contribution in [-0.2, 0) is 4.74 Å². The fourth-order valence-electron chi connectivity index (χ4n) is 4.44. The Morgan fingerprint density at radius 3 is 2.66 bits per heavy atom. The van der Waals surface area contributed by atoms with Gasteiger partial charge >= 0.3 is 0 Å². The summed E-state index contributed by atoms with van der Waals surface area (Å²) in [5, 5.41) is 4.77. The molecule has 2 fully saturated rings. The van der Waals surface area contributed by atoms with Crippen molar-refractivity contribution in [3.8, 4) is 0 Å². The van der Waals surface area contributed by atoms with E-state index < -0.39 is 0 Å². The van der Waals surface area contributed by atoms with Gasteiger partial charge < -0.3 is 14.5 Å². The zero-order chi connectivity index (χ0) is 20.4. The molecule has 7 heteroatoms. The summed E-state index contributed by atoms with van der Waals surface area (Å²) < 4.78 is 7.16. The largest absolute Gasteiger partial charge is 0.379 e. The second-order valence-corrected chi connectivity index (χ2v) is 8.46. The summed E-state index contributed by atoms with van der Waals surface area (Å²) in [5.74, 6) is 0. The van der Waals surface area contributed by atoms with Crippen LogP contribution in [0.25, 0.3) is 0 Å². The second-order valence-electron chi connectivity index (χ2n) is 8.08. The SMILES string of the molecule is Cc1ccccc1N1CCC(n2ncc(N(C)[C@H]3CCCOC3)c(Cl)c2=O)CC1. The van der Waals surface area contributed by atoms with Crippen molar-refractivity contribution >= 4 is 23.0 Å². The summed E-state index contributed by atoms with van der Waals surface area (Å²) in [6.07, 6.45) is 5.56. The molecule has 29 heavy (non-hydrogen) atoms. The van der Waals surface area contributed by atoms with Gasteiger partial charge in [0.2, 0.25) is 0 Å². The first-order valence-electron chi connectivity index (χ1n) is 10.4. The number of aryl methyl sites for hydroxylation is 1. The molecule has 0 bridgehead atoms. The number of benzene rings is 1. The molecule has 4 rings (SSSR count). The summed E-state index contributed by atoms with van der Waals surface area (Å²) in [7, 11) is 1.96. The monoisotopic (exact) mass is 416 g/mol. The molecule has 156 valence electrons. The van der Waals surface area contributed by atoms with Crippen molar-refractivity contribution in [2.75, 3.05) is 43.2 Å². The van der Waals surface area contributed by atoms with Gasteiger partial charge in [-0.05, 0) is 44.2 Å². The standard InChI is InChI=1S/C22H29ClN4O2/c1-16-6-3-4-8-19(16)26-11-9-17(10-12-26)27-22(28)21(23)20(14-24-27)25(2)18-7-5-13-29-15-18/h3-4,6,8,14,17-18H,5,7,9-13,15H2,1-2H3/t18-/m0/s1. The van der Waals surface area contributed by atoms with Crippen molar-refractivity contribution in [2.45, 2.75) is 44.7 Å². The van der Waals surface area contributed by atoms with E-state index in [0.29, 0.717) is 12.3 Å². The number of aromatic nitrogens is 2. The summed E-state index contributed by atoms with van der Waals surface area (Å²) in [4.78, 5) is 17.4. The summed E-state index contributed by atoms with van der Waals surface area (Å²) >= 11 is 6.51. The molecular weight excluding hydrogens is 388 g/mol. The average Bonchev–Trinajstić information content (AvgIpc) is 2.76. The normalized spacial score (nSPS) is 20.7. The summed E-state index contributed by atoms with van der Waals surface area (Å²) in [6, 6.07) is 8.76. The van der Waals surface area contributed by atoms with Crippen molar-refractivity contribution in [1.82, 2.24) is 9.78 Å². The molecule has 0 spiro atoms. The Labute approximate surface area is 177 Å². The number of halogens is 1. The van der Waals surface area contributed by atoms with Crippen LogP contribution in [0.1, 0.15) is 37.3 Å². The molecule has 3 heterocycles. The number of hydrogen-bond acceptors (Lipinski definition) is 5. The van der Waals surface area contributed by atoms with Gasteiger partial charge in [-0.25, -0.2) is 4.68 Å². The summed E-state index contributed by atoms with van der Waals surface area (Å²) in [5.41, 5.74) is 3.06.